The number of halogens is 1. The predicted octanol–water partition coefficient (Wildman–Crippen LogP) is 4.27. The Kier molecular flexibility index (Phi) is 7.63. The van der Waals surface area contributed by atoms with E-state index in [0.717, 1.165) is 22.1 Å². The highest BCUT2D eigenvalue weighted by Crippen LogP contribution is 2.37. The lowest BCUT2D eigenvalue weighted by molar-refractivity contribution is 0.100. The molecule has 1 amide bonds. The summed E-state index contributed by atoms with van der Waals surface area (Å²) in [5.74, 6) is -0.623. The van der Waals surface area contributed by atoms with Gasteiger partial charge in [-0.15, -0.1) is 6.58 Å². The number of benzene rings is 2. The highest BCUT2D eigenvalue weighted by atomic mass is 32.2. The molecule has 4 rings (SSSR count). The van der Waals surface area contributed by atoms with E-state index >= 15 is 0 Å². The van der Waals surface area contributed by atoms with E-state index in [1.165, 1.54) is 6.07 Å². The average Bonchev–Trinajstić information content (AvgIpc) is 3.31. The van der Waals surface area contributed by atoms with Crippen molar-refractivity contribution in [1.82, 2.24) is 14.6 Å². The molecule has 0 saturated carbocycles. The number of carbonyl (C=O) groups is 1. The zero-order valence-corrected chi connectivity index (χ0v) is 21.5. The van der Waals surface area contributed by atoms with Crippen LogP contribution in [0.4, 0.5) is 4.39 Å². The van der Waals surface area contributed by atoms with E-state index in [-0.39, 0.29) is 23.5 Å². The normalized spacial score (nSPS) is 16.3. The van der Waals surface area contributed by atoms with Gasteiger partial charge < -0.3 is 16.0 Å². The van der Waals surface area contributed by atoms with Crippen LogP contribution in [0.5, 0.6) is 0 Å². The molecule has 3 aromatic rings. The highest BCUT2D eigenvalue weighted by Gasteiger charge is 2.29. The van der Waals surface area contributed by atoms with Gasteiger partial charge in [0.05, 0.1) is 16.8 Å². The molecule has 7 nitrogen and oxygen atoms in total. The zero-order valence-electron chi connectivity index (χ0n) is 20.7. The Balaban J connectivity index is 1.71. The van der Waals surface area contributed by atoms with Gasteiger partial charge in [0.25, 0.3) is 5.91 Å². The zero-order chi connectivity index (χ0) is 26.0. The molecule has 0 bridgehead atoms. The van der Waals surface area contributed by atoms with Crippen molar-refractivity contribution in [2.24, 2.45) is 5.73 Å². The van der Waals surface area contributed by atoms with E-state index < -0.39 is 15.9 Å². The molecule has 1 aromatic heterocycles. The molecule has 1 fully saturated rings. The van der Waals surface area contributed by atoms with Crippen LogP contribution < -0.4 is 11.1 Å². The lowest BCUT2D eigenvalue weighted by atomic mass is 9.88. The second-order valence-electron chi connectivity index (χ2n) is 9.34. The molecule has 4 N–H and O–H groups in total. The van der Waals surface area contributed by atoms with Gasteiger partial charge in [-0.05, 0) is 73.6 Å². The smallest absolute Gasteiger partial charge is 0.250 e. The van der Waals surface area contributed by atoms with Gasteiger partial charge in [0, 0.05) is 42.8 Å². The van der Waals surface area contributed by atoms with Crippen molar-refractivity contribution < 1.29 is 17.6 Å². The Morgan fingerprint density at radius 1 is 1.28 bits per heavy atom. The van der Waals surface area contributed by atoms with E-state index in [0.29, 0.717) is 49.1 Å². The molecule has 36 heavy (non-hydrogen) atoms. The molecule has 1 atom stereocenters. The van der Waals surface area contributed by atoms with Crippen LogP contribution in [0.15, 0.2) is 49.2 Å². The number of piperidine rings is 1. The number of amides is 1. The van der Waals surface area contributed by atoms with Crippen LogP contribution in [-0.2, 0) is 16.6 Å². The minimum atomic E-state index is -3.21. The third kappa shape index (κ3) is 5.23. The van der Waals surface area contributed by atoms with Crippen molar-refractivity contribution in [3.05, 3.63) is 71.7 Å². The van der Waals surface area contributed by atoms with Crippen LogP contribution in [0.3, 0.4) is 0 Å². The molecule has 2 aromatic carbocycles. The van der Waals surface area contributed by atoms with Gasteiger partial charge >= 0.3 is 0 Å². The molecule has 1 aliphatic heterocycles. The van der Waals surface area contributed by atoms with E-state index in [1.54, 1.807) is 35.5 Å². The minimum Gasteiger partial charge on any atom is -0.366 e. The Bertz CT molecular complexity index is 1390. The van der Waals surface area contributed by atoms with E-state index in [9.17, 15) is 17.6 Å². The van der Waals surface area contributed by atoms with Crippen LogP contribution >= 0.6 is 0 Å². The minimum absolute atomic E-state index is 0.0343. The van der Waals surface area contributed by atoms with Crippen LogP contribution in [0.25, 0.3) is 22.0 Å². The lowest BCUT2D eigenvalue weighted by Crippen LogP contribution is -2.38. The summed E-state index contributed by atoms with van der Waals surface area (Å²) >= 11 is 0. The van der Waals surface area contributed by atoms with E-state index in [1.807, 2.05) is 19.2 Å². The molecule has 0 unspecified atom stereocenters. The molecule has 1 aliphatic rings. The molecule has 1 saturated heterocycles. The summed E-state index contributed by atoms with van der Waals surface area (Å²) in [6.07, 6.45) is 5.03. The predicted molar refractivity (Wildman–Crippen MR) is 142 cm³/mol. The monoisotopic (exact) mass is 512 g/mol. The first-order valence-electron chi connectivity index (χ1n) is 12.2. The number of nitrogens with two attached hydrogens (primary N) is 1. The molecular formula is C27H33FN4O3S. The second-order valence-corrected chi connectivity index (χ2v) is 11.6. The highest BCUT2D eigenvalue weighted by molar-refractivity contribution is 7.89. The number of carbonyl (C=O) groups excluding carboxylic acids is 1. The van der Waals surface area contributed by atoms with Crippen molar-refractivity contribution in [2.75, 3.05) is 18.8 Å². The molecular weight excluding hydrogens is 479 g/mol. The number of hydrogen-bond donors (Lipinski definition) is 3. The number of nitrogens with one attached hydrogen (secondary N) is 2. The van der Waals surface area contributed by atoms with Crippen LogP contribution in [-0.4, -0.2) is 48.5 Å². The topological polar surface area (TPSA) is 108 Å². The van der Waals surface area contributed by atoms with E-state index in [4.69, 9.17) is 5.73 Å². The number of aromatic amines is 1. The van der Waals surface area contributed by atoms with Gasteiger partial charge in [-0.3, -0.25) is 4.79 Å². The average molecular weight is 513 g/mol. The number of fused-ring (bicyclic) bond motifs is 1. The number of rotatable bonds is 9. The maximum absolute atomic E-state index is 14.5. The summed E-state index contributed by atoms with van der Waals surface area (Å²) in [5.41, 5.74) is 9.85. The lowest BCUT2D eigenvalue weighted by Gasteiger charge is -2.31. The molecule has 192 valence electrons. The SMILES string of the molecule is C=C[C@H](C)NCc1cc(-c2cc(C(N)=O)c3[nH]cc(C4CCN(S(=O)(=O)CC)CC4)c3c2)ccc1F. The van der Waals surface area contributed by atoms with Gasteiger partial charge in [0.2, 0.25) is 10.0 Å². The second kappa shape index (κ2) is 10.5. The fourth-order valence-corrected chi connectivity index (χ4v) is 5.96. The van der Waals surface area contributed by atoms with E-state index in [2.05, 4.69) is 16.9 Å². The first-order valence-corrected chi connectivity index (χ1v) is 13.8. The van der Waals surface area contributed by atoms with Crippen LogP contribution in [0.2, 0.25) is 0 Å². The van der Waals surface area contributed by atoms with Gasteiger partial charge in [0.15, 0.2) is 0 Å². The first kappa shape index (κ1) is 26.1. The Labute approximate surface area is 211 Å². The number of nitrogens with zero attached hydrogens (tertiary/aromatic N) is 1. The molecule has 0 radical (unpaired) electrons. The summed E-state index contributed by atoms with van der Waals surface area (Å²) < 4.78 is 40.6. The maximum atomic E-state index is 14.5. The van der Waals surface area contributed by atoms with Gasteiger partial charge in [-0.25, -0.2) is 17.1 Å². The van der Waals surface area contributed by atoms with Gasteiger partial charge in [-0.2, -0.15) is 0 Å². The Morgan fingerprint density at radius 3 is 2.64 bits per heavy atom. The van der Waals surface area contributed by atoms with Crippen molar-refractivity contribution in [1.29, 1.82) is 0 Å². The van der Waals surface area contributed by atoms with Crippen molar-refractivity contribution >= 4 is 26.8 Å². The molecule has 0 aliphatic carbocycles. The number of hydrogen-bond acceptors (Lipinski definition) is 4. The summed E-state index contributed by atoms with van der Waals surface area (Å²) in [7, 11) is -3.21. The van der Waals surface area contributed by atoms with Crippen molar-refractivity contribution in [3.63, 3.8) is 0 Å². The number of H-pyrrole nitrogens is 1. The standard InChI is InChI=1S/C27H33FN4O3S/c1-4-17(3)30-15-21-12-19(6-7-25(21)28)20-13-22-24(16-31-26(22)23(14-20)27(29)33)18-8-10-32(11-9-18)36(34,35)5-2/h4,6-7,12-14,16-18,30-31H,1,5,8-11,15H2,2-3H3,(H2,29,33)/t17-/m0/s1. The fourth-order valence-electron chi connectivity index (χ4n) is 4.82. The number of aromatic nitrogens is 1. The summed E-state index contributed by atoms with van der Waals surface area (Å²) in [5, 5.41) is 4.09. The fraction of sp³-hybridized carbons (Fsp3) is 0.370. The van der Waals surface area contributed by atoms with Crippen LogP contribution in [0.1, 0.15) is 54.1 Å². The largest absolute Gasteiger partial charge is 0.366 e. The van der Waals surface area contributed by atoms with Gasteiger partial charge in [0.1, 0.15) is 5.82 Å². The van der Waals surface area contributed by atoms with Crippen molar-refractivity contribution in [3.8, 4) is 11.1 Å². The van der Waals surface area contributed by atoms with Gasteiger partial charge in [-0.1, -0.05) is 12.1 Å². The Hall–Kier alpha value is -3.01. The quantitative estimate of drug-likeness (QED) is 0.372. The summed E-state index contributed by atoms with van der Waals surface area (Å²) in [6.45, 7) is 8.61. The van der Waals surface area contributed by atoms with Crippen LogP contribution in [0, 0.1) is 5.82 Å². The summed E-state index contributed by atoms with van der Waals surface area (Å²) in [4.78, 5) is 15.6. The third-order valence-electron chi connectivity index (χ3n) is 7.09. The molecule has 9 heteroatoms. The maximum Gasteiger partial charge on any atom is 0.250 e. The van der Waals surface area contributed by atoms with Crippen molar-refractivity contribution in [2.45, 2.75) is 45.2 Å². The Morgan fingerprint density at radius 2 is 2.00 bits per heavy atom. The molecule has 0 spiro atoms. The molecule has 2 heterocycles. The third-order valence-corrected chi connectivity index (χ3v) is 8.97. The summed E-state index contributed by atoms with van der Waals surface area (Å²) in [6, 6.07) is 8.68. The first-order chi connectivity index (χ1) is 17.1. The number of primary amides is 1. The number of sulfonamides is 1.